The maximum atomic E-state index is 13.5. The molecule has 5 nitrogen and oxygen atoms in total. The molecule has 1 saturated carbocycles. The van der Waals surface area contributed by atoms with Crippen LogP contribution in [0.2, 0.25) is 0 Å². The van der Waals surface area contributed by atoms with Crippen molar-refractivity contribution in [1.82, 2.24) is 0 Å². The lowest BCUT2D eigenvalue weighted by molar-refractivity contribution is -0.385. The highest BCUT2D eigenvalue weighted by Gasteiger charge is 2.26. The molecule has 2 rings (SSSR count). The van der Waals surface area contributed by atoms with Crippen LogP contribution in [-0.4, -0.2) is 17.1 Å². The van der Waals surface area contributed by atoms with E-state index in [1.165, 1.54) is 0 Å². The van der Waals surface area contributed by atoms with Crippen LogP contribution in [0.3, 0.4) is 0 Å². The van der Waals surface area contributed by atoms with Gasteiger partial charge in [-0.1, -0.05) is 0 Å². The lowest BCUT2D eigenvalue weighted by Crippen LogP contribution is -2.19. The quantitative estimate of drug-likeness (QED) is 0.665. The number of benzene rings is 1. The van der Waals surface area contributed by atoms with Crippen LogP contribution in [0.25, 0.3) is 0 Å². The van der Waals surface area contributed by atoms with Gasteiger partial charge in [-0.25, -0.2) is 8.78 Å². The summed E-state index contributed by atoms with van der Waals surface area (Å²) in [6, 6.07) is 1.26. The van der Waals surface area contributed by atoms with E-state index < -0.39 is 28.0 Å². The van der Waals surface area contributed by atoms with Crippen LogP contribution in [0.5, 0.6) is 5.75 Å². The smallest absolute Gasteiger partial charge is 0.275 e. The van der Waals surface area contributed by atoms with Crippen LogP contribution in [0.1, 0.15) is 19.3 Å². The van der Waals surface area contributed by atoms with E-state index in [0.29, 0.717) is 25.0 Å². The van der Waals surface area contributed by atoms with Gasteiger partial charge >= 0.3 is 0 Å². The number of rotatable bonds is 3. The Bertz CT molecular complexity index is 458. The maximum absolute atomic E-state index is 13.5. The molecule has 0 aromatic heterocycles. The molecule has 1 aliphatic rings. The van der Waals surface area contributed by atoms with E-state index in [1.54, 1.807) is 0 Å². The van der Waals surface area contributed by atoms with Gasteiger partial charge in [-0.2, -0.15) is 0 Å². The van der Waals surface area contributed by atoms with E-state index >= 15 is 0 Å². The molecular formula is C11H12F2N2O3. The topological polar surface area (TPSA) is 78.4 Å². The Hall–Kier alpha value is -1.76. The Labute approximate surface area is 102 Å². The number of nitrogens with zero attached hydrogens (tertiary/aromatic N) is 1. The first kappa shape index (κ1) is 12.7. The first-order chi connectivity index (χ1) is 8.47. The van der Waals surface area contributed by atoms with Crippen molar-refractivity contribution in [2.45, 2.75) is 31.4 Å². The average molecular weight is 258 g/mol. The summed E-state index contributed by atoms with van der Waals surface area (Å²) in [5, 5.41) is 10.4. The molecule has 0 spiro atoms. The minimum Gasteiger partial charge on any atom is -0.484 e. The molecule has 0 amide bonds. The highest BCUT2D eigenvalue weighted by Crippen LogP contribution is 2.30. The zero-order valence-corrected chi connectivity index (χ0v) is 9.44. The third-order valence-corrected chi connectivity index (χ3v) is 2.90. The average Bonchev–Trinajstić information content (AvgIpc) is 2.69. The van der Waals surface area contributed by atoms with E-state index in [9.17, 15) is 18.9 Å². The van der Waals surface area contributed by atoms with Gasteiger partial charge in [-0.3, -0.25) is 10.1 Å². The number of nitrogens with two attached hydrogens (primary N) is 1. The van der Waals surface area contributed by atoms with Crippen LogP contribution < -0.4 is 10.5 Å². The summed E-state index contributed by atoms with van der Waals surface area (Å²) < 4.78 is 32.2. The zero-order chi connectivity index (χ0) is 13.3. The SMILES string of the molecule is NC1CCC(Oc2c(F)cc([N+](=O)[O-])cc2F)C1. The molecule has 0 radical (unpaired) electrons. The highest BCUT2D eigenvalue weighted by atomic mass is 19.1. The van der Waals surface area contributed by atoms with Crippen LogP contribution in [0.15, 0.2) is 12.1 Å². The first-order valence-corrected chi connectivity index (χ1v) is 5.53. The number of nitro benzene ring substituents is 1. The minimum atomic E-state index is -1.07. The van der Waals surface area contributed by atoms with E-state index in [1.807, 2.05) is 0 Å². The minimum absolute atomic E-state index is 0.0285. The summed E-state index contributed by atoms with van der Waals surface area (Å²) >= 11 is 0. The lowest BCUT2D eigenvalue weighted by Gasteiger charge is -2.14. The largest absolute Gasteiger partial charge is 0.484 e. The van der Waals surface area contributed by atoms with E-state index in [-0.39, 0.29) is 12.1 Å². The maximum Gasteiger partial charge on any atom is 0.275 e. The summed E-state index contributed by atoms with van der Waals surface area (Å²) in [6.07, 6.45) is 1.54. The van der Waals surface area contributed by atoms with Crippen molar-refractivity contribution in [1.29, 1.82) is 0 Å². The molecule has 2 N–H and O–H groups in total. The van der Waals surface area contributed by atoms with Crippen molar-refractivity contribution < 1.29 is 18.4 Å². The monoisotopic (exact) mass is 258 g/mol. The summed E-state index contributed by atoms with van der Waals surface area (Å²) in [5.74, 6) is -2.70. The molecule has 1 fully saturated rings. The van der Waals surface area contributed by atoms with Gasteiger partial charge in [0.25, 0.3) is 5.69 Å². The summed E-state index contributed by atoms with van der Waals surface area (Å²) in [5.41, 5.74) is 5.02. The van der Waals surface area contributed by atoms with Crippen LogP contribution >= 0.6 is 0 Å². The number of hydrogen-bond acceptors (Lipinski definition) is 4. The molecule has 1 aliphatic carbocycles. The molecular weight excluding hydrogens is 246 g/mol. The second-order valence-electron chi connectivity index (χ2n) is 4.31. The summed E-state index contributed by atoms with van der Waals surface area (Å²) in [4.78, 5) is 9.56. The molecule has 0 aliphatic heterocycles. The Morgan fingerprint density at radius 1 is 1.33 bits per heavy atom. The Morgan fingerprint density at radius 2 is 1.94 bits per heavy atom. The molecule has 18 heavy (non-hydrogen) atoms. The Kier molecular flexibility index (Phi) is 3.42. The number of halogens is 2. The van der Waals surface area contributed by atoms with Gasteiger partial charge in [0.1, 0.15) is 6.10 Å². The number of hydrogen-bond donors (Lipinski definition) is 1. The molecule has 0 saturated heterocycles. The molecule has 98 valence electrons. The van der Waals surface area contributed by atoms with Crippen molar-refractivity contribution in [3.05, 3.63) is 33.9 Å². The van der Waals surface area contributed by atoms with Crippen LogP contribution in [-0.2, 0) is 0 Å². The number of non-ortho nitro benzene ring substituents is 1. The van der Waals surface area contributed by atoms with Crippen molar-refractivity contribution in [2.75, 3.05) is 0 Å². The van der Waals surface area contributed by atoms with Crippen molar-refractivity contribution >= 4 is 5.69 Å². The molecule has 7 heteroatoms. The van der Waals surface area contributed by atoms with E-state index in [0.717, 1.165) is 6.42 Å². The summed E-state index contributed by atoms with van der Waals surface area (Å²) in [6.45, 7) is 0. The molecule has 1 aromatic carbocycles. The second-order valence-corrected chi connectivity index (χ2v) is 4.31. The predicted molar refractivity (Wildman–Crippen MR) is 59.3 cm³/mol. The first-order valence-electron chi connectivity index (χ1n) is 5.53. The van der Waals surface area contributed by atoms with Gasteiger partial charge in [0.15, 0.2) is 17.4 Å². The molecule has 1 aromatic rings. The molecule has 2 unspecified atom stereocenters. The highest BCUT2D eigenvalue weighted by molar-refractivity contribution is 5.39. The van der Waals surface area contributed by atoms with Gasteiger partial charge < -0.3 is 10.5 Å². The lowest BCUT2D eigenvalue weighted by atomic mass is 10.2. The van der Waals surface area contributed by atoms with Crippen molar-refractivity contribution in [3.63, 3.8) is 0 Å². The fourth-order valence-electron chi connectivity index (χ4n) is 2.01. The molecule has 0 heterocycles. The third kappa shape index (κ3) is 2.56. The predicted octanol–water partition coefficient (Wildman–Crippen LogP) is 2.13. The molecule has 0 bridgehead atoms. The summed E-state index contributed by atoms with van der Waals surface area (Å²) in [7, 11) is 0. The van der Waals surface area contributed by atoms with Crippen LogP contribution in [0, 0.1) is 21.7 Å². The van der Waals surface area contributed by atoms with Crippen LogP contribution in [0.4, 0.5) is 14.5 Å². The van der Waals surface area contributed by atoms with Gasteiger partial charge in [-0.15, -0.1) is 0 Å². The zero-order valence-electron chi connectivity index (χ0n) is 9.44. The van der Waals surface area contributed by atoms with E-state index in [4.69, 9.17) is 10.5 Å². The fourth-order valence-corrected chi connectivity index (χ4v) is 2.01. The van der Waals surface area contributed by atoms with Gasteiger partial charge in [-0.05, 0) is 19.3 Å². The second kappa shape index (κ2) is 4.85. The Balaban J connectivity index is 2.20. The van der Waals surface area contributed by atoms with Gasteiger partial charge in [0.2, 0.25) is 0 Å². The standard InChI is InChI=1S/C11H12F2N2O3/c12-9-4-7(15(16)17)5-10(13)11(9)18-8-2-1-6(14)3-8/h4-6,8H,1-3,14H2. The van der Waals surface area contributed by atoms with Crippen molar-refractivity contribution in [3.8, 4) is 5.75 Å². The van der Waals surface area contributed by atoms with Crippen molar-refractivity contribution in [2.24, 2.45) is 5.73 Å². The normalized spacial score (nSPS) is 23.1. The number of ether oxygens (including phenoxy) is 1. The van der Waals surface area contributed by atoms with Gasteiger partial charge in [0.05, 0.1) is 17.1 Å². The van der Waals surface area contributed by atoms with Gasteiger partial charge in [0, 0.05) is 6.04 Å². The van der Waals surface area contributed by atoms with E-state index in [2.05, 4.69) is 0 Å². The fraction of sp³-hybridized carbons (Fsp3) is 0.455. The molecule has 2 atom stereocenters. The Morgan fingerprint density at radius 3 is 2.39 bits per heavy atom. The third-order valence-electron chi connectivity index (χ3n) is 2.90. The number of nitro groups is 1.